The molecule has 0 saturated heterocycles. The van der Waals surface area contributed by atoms with Crippen molar-refractivity contribution in [1.82, 2.24) is 5.43 Å². The van der Waals surface area contributed by atoms with Gasteiger partial charge in [0.25, 0.3) is 0 Å². The molecular weight excluding hydrogens is 271 g/mol. The second kappa shape index (κ2) is 7.17. The molecule has 8 heteroatoms. The number of rotatable bonds is 3. The third kappa shape index (κ3) is 4.01. The zero-order valence-electron chi connectivity index (χ0n) is 11.1. The molecule has 2 N–H and O–H groups in total. The van der Waals surface area contributed by atoms with Gasteiger partial charge in [0.1, 0.15) is 0 Å². The number of ether oxygens (including phenoxy) is 2. The number of hydrazine groups is 1. The largest absolute Gasteiger partial charge is 0.505 e. The zero-order valence-corrected chi connectivity index (χ0v) is 11.1. The normalized spacial score (nSPS) is 9.75. The van der Waals surface area contributed by atoms with Gasteiger partial charge in [-0.3, -0.25) is 0 Å². The Labute approximate surface area is 114 Å². The van der Waals surface area contributed by atoms with E-state index in [1.54, 1.807) is 13.8 Å². The number of phenolic OH excluding ortho intramolecular Hbond substituents is 1. The van der Waals surface area contributed by atoms with Crippen LogP contribution in [0.5, 0.6) is 5.75 Å². The Balaban J connectivity index is 2.99. The van der Waals surface area contributed by atoms with Crippen molar-refractivity contribution in [2.75, 3.05) is 18.2 Å². The minimum absolute atomic E-state index is 0.0215. The van der Waals surface area contributed by atoms with E-state index in [-0.39, 0.29) is 18.9 Å². The molecule has 0 fully saturated rings. The smallest absolute Gasteiger partial charge is 0.433 e. The summed E-state index contributed by atoms with van der Waals surface area (Å²) in [7, 11) is 0. The highest BCUT2D eigenvalue weighted by atomic mass is 19.1. The molecule has 0 radical (unpaired) electrons. The summed E-state index contributed by atoms with van der Waals surface area (Å²) in [6, 6.07) is 3.16. The maximum absolute atomic E-state index is 13.3. The molecule has 0 aliphatic rings. The number of aromatic hydroxyl groups is 1. The molecule has 1 aromatic carbocycles. The molecule has 0 unspecified atom stereocenters. The fourth-order valence-corrected chi connectivity index (χ4v) is 1.29. The Kier molecular flexibility index (Phi) is 5.57. The number of anilines is 1. The molecule has 20 heavy (non-hydrogen) atoms. The number of carbonyl (C=O) groups is 2. The number of halogens is 1. The third-order valence-electron chi connectivity index (χ3n) is 2.12. The average molecular weight is 286 g/mol. The molecule has 0 aliphatic carbocycles. The number of carbonyl (C=O) groups excluding carboxylic acids is 2. The Morgan fingerprint density at radius 3 is 2.50 bits per heavy atom. The maximum Gasteiger partial charge on any atom is 0.433 e. The number of hydrogen-bond donors (Lipinski definition) is 2. The van der Waals surface area contributed by atoms with Crippen molar-refractivity contribution in [2.45, 2.75) is 13.8 Å². The maximum atomic E-state index is 13.3. The number of amides is 2. The van der Waals surface area contributed by atoms with Crippen LogP contribution in [0.1, 0.15) is 13.8 Å². The molecule has 2 amide bonds. The van der Waals surface area contributed by atoms with Crippen LogP contribution in [-0.2, 0) is 9.47 Å². The monoisotopic (exact) mass is 286 g/mol. The number of phenols is 1. The van der Waals surface area contributed by atoms with Crippen molar-refractivity contribution < 1.29 is 28.6 Å². The molecule has 1 aromatic rings. The summed E-state index contributed by atoms with van der Waals surface area (Å²) in [6.07, 6.45) is -1.81. The summed E-state index contributed by atoms with van der Waals surface area (Å²) >= 11 is 0. The van der Waals surface area contributed by atoms with E-state index < -0.39 is 23.8 Å². The lowest BCUT2D eigenvalue weighted by Gasteiger charge is -2.22. The predicted octanol–water partition coefficient (Wildman–Crippen LogP) is 2.16. The minimum Gasteiger partial charge on any atom is -0.505 e. The molecule has 0 bridgehead atoms. The van der Waals surface area contributed by atoms with Crippen LogP contribution in [0.4, 0.5) is 19.7 Å². The first kappa shape index (κ1) is 15.5. The first-order chi connectivity index (χ1) is 9.49. The molecule has 7 nitrogen and oxygen atoms in total. The van der Waals surface area contributed by atoms with Gasteiger partial charge in [-0.2, -0.15) is 5.01 Å². The van der Waals surface area contributed by atoms with Gasteiger partial charge in [-0.1, -0.05) is 0 Å². The number of benzene rings is 1. The molecule has 0 aromatic heterocycles. The van der Waals surface area contributed by atoms with Crippen molar-refractivity contribution in [3.63, 3.8) is 0 Å². The number of nitrogens with zero attached hydrogens (tertiary/aromatic N) is 1. The van der Waals surface area contributed by atoms with Gasteiger partial charge >= 0.3 is 12.2 Å². The predicted molar refractivity (Wildman–Crippen MR) is 67.7 cm³/mol. The summed E-state index contributed by atoms with van der Waals surface area (Å²) in [6.45, 7) is 3.35. The molecule has 0 heterocycles. The highest BCUT2D eigenvalue weighted by molar-refractivity contribution is 5.90. The SMILES string of the molecule is CCOC(=O)NN(C(=O)OCC)c1ccc(O)c(F)c1. The van der Waals surface area contributed by atoms with Gasteiger partial charge in [0.2, 0.25) is 0 Å². The second-order valence-corrected chi connectivity index (χ2v) is 3.50. The highest BCUT2D eigenvalue weighted by Crippen LogP contribution is 2.22. The van der Waals surface area contributed by atoms with E-state index in [0.29, 0.717) is 5.01 Å². The number of hydrogen-bond acceptors (Lipinski definition) is 5. The molecule has 1 rings (SSSR count). The van der Waals surface area contributed by atoms with E-state index in [2.05, 4.69) is 10.2 Å². The summed E-state index contributed by atoms with van der Waals surface area (Å²) < 4.78 is 22.7. The molecule has 0 spiro atoms. The fraction of sp³-hybridized carbons (Fsp3) is 0.333. The van der Waals surface area contributed by atoms with Crippen molar-refractivity contribution >= 4 is 17.9 Å². The second-order valence-electron chi connectivity index (χ2n) is 3.50. The van der Waals surface area contributed by atoms with E-state index in [1.165, 1.54) is 6.07 Å². The molecule has 0 atom stereocenters. The van der Waals surface area contributed by atoms with Crippen LogP contribution in [-0.4, -0.2) is 30.5 Å². The van der Waals surface area contributed by atoms with Gasteiger partial charge in [0, 0.05) is 6.07 Å². The van der Waals surface area contributed by atoms with Crippen molar-refractivity contribution in [3.05, 3.63) is 24.0 Å². The van der Waals surface area contributed by atoms with E-state index in [4.69, 9.17) is 9.84 Å². The lowest BCUT2D eigenvalue weighted by Crippen LogP contribution is -2.47. The Morgan fingerprint density at radius 1 is 1.30 bits per heavy atom. The lowest BCUT2D eigenvalue weighted by molar-refractivity contribution is 0.138. The Morgan fingerprint density at radius 2 is 1.95 bits per heavy atom. The van der Waals surface area contributed by atoms with E-state index in [9.17, 15) is 14.0 Å². The summed E-state index contributed by atoms with van der Waals surface area (Å²) in [5.74, 6) is -1.52. The molecule has 0 aliphatic heterocycles. The topological polar surface area (TPSA) is 88.1 Å². The van der Waals surface area contributed by atoms with Crippen molar-refractivity contribution in [3.8, 4) is 5.75 Å². The van der Waals surface area contributed by atoms with Gasteiger partial charge in [-0.25, -0.2) is 19.4 Å². The fourth-order valence-electron chi connectivity index (χ4n) is 1.29. The highest BCUT2D eigenvalue weighted by Gasteiger charge is 2.21. The van der Waals surface area contributed by atoms with Gasteiger partial charge in [0.05, 0.1) is 18.9 Å². The van der Waals surface area contributed by atoms with Crippen LogP contribution in [0.2, 0.25) is 0 Å². The molecule has 0 saturated carbocycles. The van der Waals surface area contributed by atoms with E-state index in [0.717, 1.165) is 12.1 Å². The Hall–Kier alpha value is -2.51. The average Bonchev–Trinajstić information content (AvgIpc) is 2.40. The molecule has 110 valence electrons. The first-order valence-corrected chi connectivity index (χ1v) is 5.88. The van der Waals surface area contributed by atoms with Crippen LogP contribution in [0.3, 0.4) is 0 Å². The van der Waals surface area contributed by atoms with Crippen LogP contribution in [0.25, 0.3) is 0 Å². The summed E-state index contributed by atoms with van der Waals surface area (Å²) in [5.41, 5.74) is 2.09. The van der Waals surface area contributed by atoms with Gasteiger partial charge in [-0.05, 0) is 26.0 Å². The van der Waals surface area contributed by atoms with Crippen molar-refractivity contribution in [2.24, 2.45) is 0 Å². The van der Waals surface area contributed by atoms with Crippen LogP contribution >= 0.6 is 0 Å². The first-order valence-electron chi connectivity index (χ1n) is 5.88. The van der Waals surface area contributed by atoms with Crippen LogP contribution < -0.4 is 10.4 Å². The quantitative estimate of drug-likeness (QED) is 0.831. The summed E-state index contributed by atoms with van der Waals surface area (Å²) in [4.78, 5) is 23.1. The van der Waals surface area contributed by atoms with Crippen LogP contribution in [0.15, 0.2) is 18.2 Å². The minimum atomic E-state index is -0.942. The Bertz CT molecular complexity index is 495. The van der Waals surface area contributed by atoms with Gasteiger partial charge < -0.3 is 14.6 Å². The van der Waals surface area contributed by atoms with E-state index in [1.807, 2.05) is 0 Å². The summed E-state index contributed by atoms with van der Waals surface area (Å²) in [5, 5.41) is 9.80. The van der Waals surface area contributed by atoms with Crippen LogP contribution in [0, 0.1) is 5.82 Å². The van der Waals surface area contributed by atoms with Crippen molar-refractivity contribution in [1.29, 1.82) is 0 Å². The van der Waals surface area contributed by atoms with Gasteiger partial charge in [-0.15, -0.1) is 0 Å². The lowest BCUT2D eigenvalue weighted by atomic mass is 10.3. The standard InChI is InChI=1S/C12H15FN2O5/c1-3-19-11(17)14-15(12(18)20-4-2)8-5-6-10(16)9(13)7-8/h5-7,16H,3-4H2,1-2H3,(H,14,17). The van der Waals surface area contributed by atoms with E-state index >= 15 is 0 Å². The third-order valence-corrected chi connectivity index (χ3v) is 2.12. The molecular formula is C12H15FN2O5. The number of nitrogens with one attached hydrogen (secondary N) is 1. The van der Waals surface area contributed by atoms with Gasteiger partial charge in [0.15, 0.2) is 11.6 Å². The zero-order chi connectivity index (χ0) is 15.1.